The van der Waals surface area contributed by atoms with Crippen LogP contribution in [-0.4, -0.2) is 16.6 Å². The number of benzene rings is 2. The summed E-state index contributed by atoms with van der Waals surface area (Å²) in [6.45, 7) is 0. The van der Waals surface area contributed by atoms with E-state index in [1.165, 1.54) is 5.56 Å². The Morgan fingerprint density at radius 3 is 2.48 bits per heavy atom. The maximum atomic E-state index is 12.4. The van der Waals surface area contributed by atoms with Gasteiger partial charge in [0.2, 0.25) is 0 Å². The second kappa shape index (κ2) is 5.31. The number of hydrogen-bond acceptors (Lipinski definition) is 2. The Kier molecular flexibility index (Phi) is 3.38. The van der Waals surface area contributed by atoms with Gasteiger partial charge in [-0.3, -0.25) is 14.9 Å². The number of hydrogen-bond donors (Lipinski definition) is 1. The van der Waals surface area contributed by atoms with Gasteiger partial charge < -0.3 is 0 Å². The molecule has 1 saturated carbocycles. The van der Waals surface area contributed by atoms with E-state index in [4.69, 9.17) is 0 Å². The second-order valence-electron chi connectivity index (χ2n) is 6.21. The lowest BCUT2D eigenvalue weighted by Crippen LogP contribution is -2.34. The van der Waals surface area contributed by atoms with Crippen molar-refractivity contribution in [3.63, 3.8) is 0 Å². The molecule has 2 amide bonds. The van der Waals surface area contributed by atoms with Gasteiger partial charge in [0.05, 0.1) is 11.1 Å². The zero-order valence-electron chi connectivity index (χ0n) is 12.5. The number of carbonyl (C=O) groups excluding carboxylic acids is 2. The predicted molar refractivity (Wildman–Crippen MR) is 92.0 cm³/mol. The maximum absolute atomic E-state index is 12.4. The zero-order valence-corrected chi connectivity index (χ0v) is 14.1. The molecule has 0 spiro atoms. The van der Waals surface area contributed by atoms with E-state index in [1.54, 1.807) is 6.07 Å². The molecule has 1 aliphatic heterocycles. The number of nitrogens with one attached hydrogen (secondary N) is 1. The molecule has 0 saturated heterocycles. The van der Waals surface area contributed by atoms with Crippen LogP contribution in [0.1, 0.15) is 51.1 Å². The molecule has 0 radical (unpaired) electrons. The van der Waals surface area contributed by atoms with Crippen molar-refractivity contribution in [3.05, 3.63) is 70.8 Å². The highest BCUT2D eigenvalue weighted by Gasteiger charge is 2.47. The molecule has 2 aliphatic rings. The molecule has 1 fully saturated rings. The second-order valence-corrected chi connectivity index (χ2v) is 7.31. The summed E-state index contributed by atoms with van der Waals surface area (Å²) < 4.78 is 0. The average molecular weight is 370 g/mol. The van der Waals surface area contributed by atoms with Gasteiger partial charge in [0, 0.05) is 10.2 Å². The molecule has 3 nitrogen and oxygen atoms in total. The third-order valence-electron chi connectivity index (χ3n) is 5.10. The first kappa shape index (κ1) is 14.6. The van der Waals surface area contributed by atoms with Crippen LogP contribution in [0.25, 0.3) is 0 Å². The van der Waals surface area contributed by atoms with Crippen molar-refractivity contribution < 1.29 is 9.59 Å². The Morgan fingerprint density at radius 1 is 1.00 bits per heavy atom. The third-order valence-corrected chi connectivity index (χ3v) is 6.34. The normalized spacial score (nSPS) is 26.2. The highest BCUT2D eigenvalue weighted by Crippen LogP contribution is 2.51. The SMILES string of the molecule is O=C1NC(=O)c2c1cccc2C1(c2ccccc2)CCCC1Br. The van der Waals surface area contributed by atoms with E-state index in [-0.39, 0.29) is 22.1 Å². The van der Waals surface area contributed by atoms with Crippen molar-refractivity contribution in [2.24, 2.45) is 0 Å². The van der Waals surface area contributed by atoms with E-state index < -0.39 is 0 Å². The Hall–Kier alpha value is -1.94. The van der Waals surface area contributed by atoms with Gasteiger partial charge >= 0.3 is 0 Å². The predicted octanol–water partition coefficient (Wildman–Crippen LogP) is 3.80. The van der Waals surface area contributed by atoms with Crippen LogP contribution >= 0.6 is 15.9 Å². The van der Waals surface area contributed by atoms with Crippen molar-refractivity contribution in [1.82, 2.24) is 5.32 Å². The minimum atomic E-state index is -0.292. The fourth-order valence-electron chi connectivity index (χ4n) is 4.07. The van der Waals surface area contributed by atoms with Crippen LogP contribution in [0.2, 0.25) is 0 Å². The molecule has 1 aliphatic carbocycles. The van der Waals surface area contributed by atoms with E-state index in [0.29, 0.717) is 11.1 Å². The van der Waals surface area contributed by atoms with Crippen LogP contribution in [0.15, 0.2) is 48.5 Å². The summed E-state index contributed by atoms with van der Waals surface area (Å²) >= 11 is 3.86. The highest BCUT2D eigenvalue weighted by atomic mass is 79.9. The molecule has 0 aromatic heterocycles. The molecule has 2 aromatic rings. The summed E-state index contributed by atoms with van der Waals surface area (Å²) in [7, 11) is 0. The van der Waals surface area contributed by atoms with Crippen molar-refractivity contribution in [1.29, 1.82) is 0 Å². The van der Waals surface area contributed by atoms with Crippen LogP contribution in [-0.2, 0) is 5.41 Å². The molecule has 2 aromatic carbocycles. The Balaban J connectivity index is 2.01. The molecule has 0 bridgehead atoms. The van der Waals surface area contributed by atoms with Gasteiger partial charge in [-0.15, -0.1) is 0 Å². The Bertz CT molecular complexity index is 802. The standard InChI is InChI=1S/C19H16BrNO2/c20-15-10-5-11-19(15,12-6-2-1-3-7-12)14-9-4-8-13-16(14)18(23)21-17(13)22/h1-4,6-9,15H,5,10-11H2,(H,21,22,23). The fourth-order valence-corrected chi connectivity index (χ4v) is 5.14. The molecule has 4 rings (SSSR count). The molecule has 116 valence electrons. The smallest absolute Gasteiger partial charge is 0.259 e. The minimum Gasteiger partial charge on any atom is -0.288 e. The zero-order chi connectivity index (χ0) is 16.0. The van der Waals surface area contributed by atoms with Gasteiger partial charge in [-0.25, -0.2) is 0 Å². The first-order valence-corrected chi connectivity index (χ1v) is 8.75. The van der Waals surface area contributed by atoms with Gasteiger partial charge in [0.25, 0.3) is 11.8 Å². The van der Waals surface area contributed by atoms with Crippen LogP contribution in [0, 0.1) is 0 Å². The van der Waals surface area contributed by atoms with E-state index >= 15 is 0 Å². The lowest BCUT2D eigenvalue weighted by atomic mass is 9.71. The Morgan fingerprint density at radius 2 is 1.78 bits per heavy atom. The molecule has 2 atom stereocenters. The van der Waals surface area contributed by atoms with Gasteiger partial charge in [-0.05, 0) is 30.0 Å². The summed E-state index contributed by atoms with van der Waals surface area (Å²) in [6.07, 6.45) is 3.10. The Labute approximate surface area is 143 Å². The molecule has 4 heteroatoms. The van der Waals surface area contributed by atoms with E-state index in [1.807, 2.05) is 30.3 Å². The van der Waals surface area contributed by atoms with Gasteiger partial charge in [0.15, 0.2) is 0 Å². The lowest BCUT2D eigenvalue weighted by Gasteiger charge is -2.35. The van der Waals surface area contributed by atoms with Crippen LogP contribution in [0.5, 0.6) is 0 Å². The number of rotatable bonds is 2. The minimum absolute atomic E-state index is 0.243. The van der Waals surface area contributed by atoms with Crippen LogP contribution in [0.3, 0.4) is 0 Å². The van der Waals surface area contributed by atoms with Crippen LogP contribution < -0.4 is 5.32 Å². The third kappa shape index (κ3) is 2.01. The van der Waals surface area contributed by atoms with Crippen LogP contribution in [0.4, 0.5) is 0 Å². The van der Waals surface area contributed by atoms with Crippen molar-refractivity contribution in [2.75, 3.05) is 0 Å². The van der Waals surface area contributed by atoms with E-state index in [0.717, 1.165) is 24.8 Å². The molecular formula is C19H16BrNO2. The van der Waals surface area contributed by atoms with E-state index in [2.05, 4.69) is 33.4 Å². The monoisotopic (exact) mass is 369 g/mol. The van der Waals surface area contributed by atoms with Gasteiger partial charge in [0.1, 0.15) is 0 Å². The quantitative estimate of drug-likeness (QED) is 0.646. The summed E-state index contributed by atoms with van der Waals surface area (Å²) in [5, 5.41) is 2.44. The molecular weight excluding hydrogens is 354 g/mol. The van der Waals surface area contributed by atoms with Crippen molar-refractivity contribution >= 4 is 27.7 Å². The molecule has 1 N–H and O–H groups in total. The molecule has 23 heavy (non-hydrogen) atoms. The number of carbonyl (C=O) groups is 2. The largest absolute Gasteiger partial charge is 0.288 e. The number of imide groups is 1. The number of alkyl halides is 1. The first-order chi connectivity index (χ1) is 11.1. The topological polar surface area (TPSA) is 46.2 Å². The number of fused-ring (bicyclic) bond motifs is 1. The number of amides is 2. The number of halogens is 1. The van der Waals surface area contributed by atoms with E-state index in [9.17, 15) is 9.59 Å². The van der Waals surface area contributed by atoms with Gasteiger partial charge in [-0.2, -0.15) is 0 Å². The van der Waals surface area contributed by atoms with Crippen molar-refractivity contribution in [2.45, 2.75) is 29.5 Å². The maximum Gasteiger partial charge on any atom is 0.259 e. The fraction of sp³-hybridized carbons (Fsp3) is 0.263. The lowest BCUT2D eigenvalue weighted by molar-refractivity contribution is 0.0879. The summed E-state index contributed by atoms with van der Waals surface area (Å²) in [6, 6.07) is 15.9. The van der Waals surface area contributed by atoms with Gasteiger partial charge in [-0.1, -0.05) is 64.8 Å². The molecule has 1 heterocycles. The average Bonchev–Trinajstić information content (AvgIpc) is 3.10. The van der Waals surface area contributed by atoms with Crippen molar-refractivity contribution in [3.8, 4) is 0 Å². The summed E-state index contributed by atoms with van der Waals surface area (Å²) in [5.74, 6) is -0.568. The highest BCUT2D eigenvalue weighted by molar-refractivity contribution is 9.09. The summed E-state index contributed by atoms with van der Waals surface area (Å²) in [5.41, 5.74) is 2.93. The first-order valence-electron chi connectivity index (χ1n) is 7.83. The molecule has 2 unspecified atom stereocenters. The summed E-state index contributed by atoms with van der Waals surface area (Å²) in [4.78, 5) is 24.7.